The number of aryl methyl sites for hydroxylation is 1. The molecule has 1 aliphatic heterocycles. The maximum absolute atomic E-state index is 4.31. The van der Waals surface area contributed by atoms with Gasteiger partial charge in [0.1, 0.15) is 0 Å². The van der Waals surface area contributed by atoms with Gasteiger partial charge in [-0.2, -0.15) is 0 Å². The van der Waals surface area contributed by atoms with Crippen molar-refractivity contribution in [2.45, 2.75) is 70.0 Å². The highest BCUT2D eigenvalue weighted by Crippen LogP contribution is 2.40. The molecule has 3 rings (SSSR count). The fourth-order valence-electron chi connectivity index (χ4n) is 4.19. The van der Waals surface area contributed by atoms with E-state index < -0.39 is 0 Å². The average Bonchev–Trinajstić information content (AvgIpc) is 3.12. The Morgan fingerprint density at radius 1 is 1.24 bits per heavy atom. The molecule has 1 saturated carbocycles. The van der Waals surface area contributed by atoms with E-state index in [9.17, 15) is 0 Å². The van der Waals surface area contributed by atoms with Crippen molar-refractivity contribution in [1.82, 2.24) is 25.2 Å². The lowest BCUT2D eigenvalue weighted by molar-refractivity contribution is -0.00296. The maximum atomic E-state index is 4.31. The van der Waals surface area contributed by atoms with E-state index in [1.165, 1.54) is 38.5 Å². The van der Waals surface area contributed by atoms with Crippen LogP contribution in [-0.2, 0) is 13.6 Å². The quantitative estimate of drug-likeness (QED) is 0.923. The van der Waals surface area contributed by atoms with E-state index in [1.807, 2.05) is 11.7 Å². The molecule has 2 aliphatic rings. The number of hydrogen-bond acceptors (Lipinski definition) is 4. The molecule has 5 heteroatoms. The topological polar surface area (TPSA) is 46.0 Å². The summed E-state index contributed by atoms with van der Waals surface area (Å²) < 4.78 is 1.81. The van der Waals surface area contributed by atoms with Crippen LogP contribution >= 0.6 is 0 Å². The highest BCUT2D eigenvalue weighted by Gasteiger charge is 2.47. The third-order valence-corrected chi connectivity index (χ3v) is 5.85. The Kier molecular flexibility index (Phi) is 4.06. The zero-order chi connectivity index (χ0) is 14.9. The first kappa shape index (κ1) is 15.0. The third kappa shape index (κ3) is 2.73. The molecule has 0 aromatic carbocycles. The molecule has 1 spiro atoms. The number of nitrogens with zero attached hydrogens (tertiary/aromatic N) is 4. The van der Waals surface area contributed by atoms with Crippen molar-refractivity contribution in [3.05, 3.63) is 11.9 Å². The first-order chi connectivity index (χ1) is 10.1. The molecular formula is C16H29N5. The second-order valence-electron chi connectivity index (χ2n) is 7.01. The molecule has 21 heavy (non-hydrogen) atoms. The number of nitrogens with one attached hydrogen (secondary N) is 1. The minimum atomic E-state index is 0.274. The molecule has 0 amide bonds. The van der Waals surface area contributed by atoms with Gasteiger partial charge >= 0.3 is 0 Å². The molecule has 1 aliphatic carbocycles. The summed E-state index contributed by atoms with van der Waals surface area (Å²) in [5, 5.41) is 12.3. The van der Waals surface area contributed by atoms with Crippen LogP contribution in [0.2, 0.25) is 0 Å². The summed E-state index contributed by atoms with van der Waals surface area (Å²) in [5.41, 5.74) is 1.73. The lowest BCUT2D eigenvalue weighted by atomic mass is 9.82. The Labute approximate surface area is 128 Å². The second-order valence-corrected chi connectivity index (χ2v) is 7.01. The van der Waals surface area contributed by atoms with Gasteiger partial charge in [0.2, 0.25) is 0 Å². The van der Waals surface area contributed by atoms with E-state index in [1.54, 1.807) is 0 Å². The van der Waals surface area contributed by atoms with Crippen LogP contribution < -0.4 is 5.32 Å². The lowest BCUT2D eigenvalue weighted by Gasteiger charge is -2.53. The lowest BCUT2D eigenvalue weighted by Crippen LogP contribution is -2.68. The van der Waals surface area contributed by atoms with Gasteiger partial charge in [0.25, 0.3) is 0 Å². The first-order valence-electron chi connectivity index (χ1n) is 8.47. The molecule has 0 atom stereocenters. The van der Waals surface area contributed by atoms with Crippen molar-refractivity contribution in [1.29, 1.82) is 0 Å². The van der Waals surface area contributed by atoms with Crippen LogP contribution in [0.4, 0.5) is 0 Å². The van der Waals surface area contributed by atoms with Gasteiger partial charge in [-0.25, -0.2) is 0 Å². The monoisotopic (exact) mass is 291 g/mol. The normalized spacial score (nSPS) is 24.7. The van der Waals surface area contributed by atoms with E-state index in [2.05, 4.69) is 40.6 Å². The molecule has 2 fully saturated rings. The fourth-order valence-corrected chi connectivity index (χ4v) is 4.19. The standard InChI is InChI=1S/C16H29N5/c1-4-15(5-2)13-21(11-14-10-20(3)19-18-14)16(12-17-15)8-6-7-9-16/h10,17H,4-9,11-13H2,1-3H3. The zero-order valence-corrected chi connectivity index (χ0v) is 13.7. The first-order valence-corrected chi connectivity index (χ1v) is 8.47. The maximum Gasteiger partial charge on any atom is 0.0967 e. The minimum absolute atomic E-state index is 0.274. The minimum Gasteiger partial charge on any atom is -0.308 e. The number of piperazine rings is 1. The molecule has 5 nitrogen and oxygen atoms in total. The summed E-state index contributed by atoms with van der Waals surface area (Å²) in [6, 6.07) is 0. The van der Waals surface area contributed by atoms with E-state index >= 15 is 0 Å². The predicted molar refractivity (Wildman–Crippen MR) is 83.9 cm³/mol. The highest BCUT2D eigenvalue weighted by molar-refractivity contribution is 5.08. The van der Waals surface area contributed by atoms with Crippen LogP contribution in [0.5, 0.6) is 0 Å². The average molecular weight is 291 g/mol. The molecular weight excluding hydrogens is 262 g/mol. The Bertz CT molecular complexity index is 471. The van der Waals surface area contributed by atoms with Gasteiger partial charge in [0.15, 0.2) is 0 Å². The van der Waals surface area contributed by atoms with Crippen LogP contribution in [0.15, 0.2) is 6.20 Å². The Morgan fingerprint density at radius 3 is 2.52 bits per heavy atom. The van der Waals surface area contributed by atoms with Crippen molar-refractivity contribution >= 4 is 0 Å². The molecule has 1 saturated heterocycles. The second kappa shape index (κ2) is 5.69. The van der Waals surface area contributed by atoms with E-state index in [4.69, 9.17) is 0 Å². The molecule has 1 N–H and O–H groups in total. The van der Waals surface area contributed by atoms with Crippen molar-refractivity contribution in [2.24, 2.45) is 7.05 Å². The summed E-state index contributed by atoms with van der Waals surface area (Å²) >= 11 is 0. The smallest absolute Gasteiger partial charge is 0.0967 e. The zero-order valence-electron chi connectivity index (χ0n) is 13.7. The van der Waals surface area contributed by atoms with Crippen molar-refractivity contribution in [2.75, 3.05) is 13.1 Å². The fraction of sp³-hybridized carbons (Fsp3) is 0.875. The summed E-state index contributed by atoms with van der Waals surface area (Å²) in [4.78, 5) is 2.72. The Hall–Kier alpha value is -0.940. The van der Waals surface area contributed by atoms with Gasteiger partial charge in [-0.05, 0) is 25.7 Å². The summed E-state index contributed by atoms with van der Waals surface area (Å²) in [7, 11) is 1.95. The third-order valence-electron chi connectivity index (χ3n) is 5.85. The van der Waals surface area contributed by atoms with Gasteiger partial charge in [0, 0.05) is 44.0 Å². The van der Waals surface area contributed by atoms with Crippen LogP contribution in [-0.4, -0.2) is 44.1 Å². The van der Waals surface area contributed by atoms with Gasteiger partial charge in [-0.15, -0.1) is 5.10 Å². The van der Waals surface area contributed by atoms with Crippen LogP contribution in [0.3, 0.4) is 0 Å². The SMILES string of the molecule is CCC1(CC)CN(Cc2cn(C)nn2)C2(CCCC2)CN1. The van der Waals surface area contributed by atoms with Gasteiger partial charge < -0.3 is 5.32 Å². The van der Waals surface area contributed by atoms with Crippen molar-refractivity contribution in [3.63, 3.8) is 0 Å². The molecule has 0 radical (unpaired) electrons. The van der Waals surface area contributed by atoms with Gasteiger partial charge in [-0.1, -0.05) is 31.9 Å². The molecule has 0 bridgehead atoms. The molecule has 2 heterocycles. The molecule has 1 aromatic heterocycles. The number of aromatic nitrogens is 3. The molecule has 0 unspecified atom stereocenters. The van der Waals surface area contributed by atoms with Crippen molar-refractivity contribution in [3.8, 4) is 0 Å². The summed E-state index contributed by atoms with van der Waals surface area (Å²) in [6.07, 6.45) is 9.82. The summed E-state index contributed by atoms with van der Waals surface area (Å²) in [6.45, 7) is 7.83. The summed E-state index contributed by atoms with van der Waals surface area (Å²) in [5.74, 6) is 0. The Balaban J connectivity index is 1.82. The van der Waals surface area contributed by atoms with Crippen LogP contribution in [0, 0.1) is 0 Å². The van der Waals surface area contributed by atoms with Crippen LogP contribution in [0.1, 0.15) is 58.1 Å². The predicted octanol–water partition coefficient (Wildman–Crippen LogP) is 2.09. The Morgan fingerprint density at radius 2 is 1.95 bits per heavy atom. The number of hydrogen-bond donors (Lipinski definition) is 1. The molecule has 1 aromatic rings. The van der Waals surface area contributed by atoms with E-state index in [0.29, 0.717) is 5.54 Å². The van der Waals surface area contributed by atoms with E-state index in [0.717, 1.165) is 25.3 Å². The van der Waals surface area contributed by atoms with Crippen molar-refractivity contribution < 1.29 is 0 Å². The molecule has 118 valence electrons. The van der Waals surface area contributed by atoms with Crippen LogP contribution in [0.25, 0.3) is 0 Å². The van der Waals surface area contributed by atoms with Gasteiger partial charge in [-0.3, -0.25) is 9.58 Å². The van der Waals surface area contributed by atoms with E-state index in [-0.39, 0.29) is 5.54 Å². The van der Waals surface area contributed by atoms with Gasteiger partial charge in [0.05, 0.1) is 5.69 Å². The highest BCUT2D eigenvalue weighted by atomic mass is 15.4. The number of rotatable bonds is 4. The largest absolute Gasteiger partial charge is 0.308 e.